The molecule has 1 aromatic heterocycles. The molecule has 1 heterocycles. The predicted molar refractivity (Wildman–Crippen MR) is 65.6 cm³/mol. The lowest BCUT2D eigenvalue weighted by Gasteiger charge is -2.47. The third kappa shape index (κ3) is 0.785. The first-order valence-electron chi connectivity index (χ1n) is 5.49. The second kappa shape index (κ2) is 2.55. The van der Waals surface area contributed by atoms with E-state index in [0.717, 1.165) is 17.8 Å². The van der Waals surface area contributed by atoms with Crippen LogP contribution < -0.4 is 0 Å². The van der Waals surface area contributed by atoms with Crippen molar-refractivity contribution in [1.82, 2.24) is 4.98 Å². The van der Waals surface area contributed by atoms with E-state index in [1.54, 1.807) is 0 Å². The first-order valence-corrected chi connectivity index (χ1v) is 6.68. The molecule has 1 spiro atoms. The number of rotatable bonds is 0. The van der Waals surface area contributed by atoms with Crippen molar-refractivity contribution in [2.75, 3.05) is 0 Å². The molecule has 3 aliphatic rings. The second-order valence-electron chi connectivity index (χ2n) is 5.20. The lowest BCUT2D eigenvalue weighted by Crippen LogP contribution is -2.47. The summed E-state index contributed by atoms with van der Waals surface area (Å²) in [5.74, 6) is 0.705. The van der Waals surface area contributed by atoms with Gasteiger partial charge in [-0.15, -0.1) is 34.8 Å². The van der Waals surface area contributed by atoms with E-state index in [1.807, 2.05) is 6.92 Å². The molecule has 4 atom stereocenters. The monoisotopic (exact) mass is 273 g/mol. The van der Waals surface area contributed by atoms with Gasteiger partial charge in [0.15, 0.2) is 0 Å². The van der Waals surface area contributed by atoms with Gasteiger partial charge in [-0.2, -0.15) is 0 Å². The first kappa shape index (κ1) is 9.99. The summed E-state index contributed by atoms with van der Waals surface area (Å²) in [6.45, 7) is 2.01. The van der Waals surface area contributed by atoms with Gasteiger partial charge in [0.2, 0.25) is 0 Å². The van der Waals surface area contributed by atoms with Crippen molar-refractivity contribution in [3.05, 3.63) is 29.1 Å². The molecule has 1 nitrogen and oxygen atoms in total. The van der Waals surface area contributed by atoms with Gasteiger partial charge in [0.1, 0.15) is 4.33 Å². The highest BCUT2D eigenvalue weighted by atomic mass is 35.5. The van der Waals surface area contributed by atoms with Crippen LogP contribution in [0, 0.1) is 12.3 Å². The van der Waals surface area contributed by atoms with Crippen LogP contribution in [-0.2, 0) is 0 Å². The highest BCUT2D eigenvalue weighted by Crippen LogP contribution is 2.88. The zero-order valence-electron chi connectivity index (χ0n) is 8.67. The minimum Gasteiger partial charge on any atom is -0.258 e. The van der Waals surface area contributed by atoms with Crippen molar-refractivity contribution in [3.63, 3.8) is 0 Å². The fourth-order valence-electron chi connectivity index (χ4n) is 3.79. The summed E-state index contributed by atoms with van der Waals surface area (Å²) in [7, 11) is 0. The highest BCUT2D eigenvalue weighted by molar-refractivity contribution is 6.51. The summed E-state index contributed by atoms with van der Waals surface area (Å²) >= 11 is 19.1. The fourth-order valence-corrected chi connectivity index (χ4v) is 5.67. The van der Waals surface area contributed by atoms with E-state index < -0.39 is 4.33 Å². The summed E-state index contributed by atoms with van der Waals surface area (Å²) in [6.07, 6.45) is 0.813. The van der Waals surface area contributed by atoms with Gasteiger partial charge < -0.3 is 0 Å². The summed E-state index contributed by atoms with van der Waals surface area (Å²) in [5, 5.41) is 0.0723. The number of halogens is 3. The van der Waals surface area contributed by atoms with Crippen LogP contribution in [0.15, 0.2) is 12.1 Å². The van der Waals surface area contributed by atoms with Gasteiger partial charge in [-0.05, 0) is 30.9 Å². The molecule has 1 aromatic rings. The van der Waals surface area contributed by atoms with Crippen molar-refractivity contribution < 1.29 is 0 Å². The molecule has 2 fully saturated rings. The number of fused-ring (bicyclic) bond motifs is 3. The van der Waals surface area contributed by atoms with Crippen molar-refractivity contribution in [2.45, 2.75) is 34.9 Å². The van der Waals surface area contributed by atoms with Crippen molar-refractivity contribution in [1.29, 1.82) is 0 Å². The minimum atomic E-state index is -0.649. The van der Waals surface area contributed by atoms with Gasteiger partial charge in [0.05, 0.1) is 5.38 Å². The van der Waals surface area contributed by atoms with Gasteiger partial charge in [-0.1, -0.05) is 6.07 Å². The van der Waals surface area contributed by atoms with Gasteiger partial charge in [-0.3, -0.25) is 4.98 Å². The normalized spacial score (nSPS) is 45.4. The zero-order valence-corrected chi connectivity index (χ0v) is 10.9. The minimum absolute atomic E-state index is 0.0723. The summed E-state index contributed by atoms with van der Waals surface area (Å²) in [4.78, 5) is 4.63. The van der Waals surface area contributed by atoms with Gasteiger partial charge in [0, 0.05) is 22.7 Å². The predicted octanol–water partition coefficient (Wildman–Crippen LogP) is 3.76. The maximum atomic E-state index is 6.40. The number of pyridine rings is 1. The topological polar surface area (TPSA) is 12.9 Å². The van der Waals surface area contributed by atoms with Crippen LogP contribution in [0.1, 0.15) is 35.2 Å². The van der Waals surface area contributed by atoms with Gasteiger partial charge in [0.25, 0.3) is 0 Å². The number of hydrogen-bond donors (Lipinski definition) is 0. The first-order chi connectivity index (χ1) is 7.50. The molecule has 0 saturated heterocycles. The maximum absolute atomic E-state index is 6.40. The Kier molecular flexibility index (Phi) is 1.59. The smallest absolute Gasteiger partial charge is 0.127 e. The number of aromatic nitrogens is 1. The Morgan fingerprint density at radius 2 is 2.12 bits per heavy atom. The molecule has 0 bridgehead atoms. The molecule has 4 rings (SSSR count). The molecule has 0 radical (unpaired) electrons. The second-order valence-corrected chi connectivity index (χ2v) is 7.15. The number of nitrogens with zero attached hydrogens (tertiary/aromatic N) is 1. The van der Waals surface area contributed by atoms with E-state index in [2.05, 4.69) is 17.1 Å². The third-order valence-corrected chi connectivity index (χ3v) is 6.17. The van der Waals surface area contributed by atoms with Crippen LogP contribution in [0.3, 0.4) is 0 Å². The van der Waals surface area contributed by atoms with Crippen molar-refractivity contribution in [2.24, 2.45) is 5.41 Å². The Morgan fingerprint density at radius 3 is 2.81 bits per heavy atom. The van der Waals surface area contributed by atoms with Crippen molar-refractivity contribution in [3.8, 4) is 0 Å². The lowest BCUT2D eigenvalue weighted by atomic mass is 9.68. The Morgan fingerprint density at radius 1 is 1.38 bits per heavy atom. The molecule has 84 valence electrons. The zero-order chi connectivity index (χ0) is 11.3. The molecule has 1 unspecified atom stereocenters. The van der Waals surface area contributed by atoms with E-state index in [9.17, 15) is 0 Å². The van der Waals surface area contributed by atoms with E-state index >= 15 is 0 Å². The Hall–Kier alpha value is 0.0200. The van der Waals surface area contributed by atoms with Crippen LogP contribution in [-0.4, -0.2) is 14.7 Å². The summed E-state index contributed by atoms with van der Waals surface area (Å²) in [6, 6.07) is 4.23. The fraction of sp³-hybridized carbons (Fsp3) is 0.583. The molecule has 0 aliphatic heterocycles. The molecule has 3 aliphatic carbocycles. The molecule has 0 aromatic carbocycles. The Labute approximate surface area is 109 Å². The molecule has 2 saturated carbocycles. The van der Waals surface area contributed by atoms with E-state index in [0.29, 0.717) is 5.92 Å². The molecule has 0 N–H and O–H groups in total. The highest BCUT2D eigenvalue weighted by Gasteiger charge is 2.87. The Balaban J connectivity index is 1.92. The maximum Gasteiger partial charge on any atom is 0.127 e. The average molecular weight is 275 g/mol. The van der Waals surface area contributed by atoms with E-state index in [-0.39, 0.29) is 16.7 Å². The summed E-state index contributed by atoms with van der Waals surface area (Å²) in [5.41, 5.74) is 3.40. The van der Waals surface area contributed by atoms with Crippen LogP contribution in [0.25, 0.3) is 0 Å². The lowest BCUT2D eigenvalue weighted by molar-refractivity contribution is 0.212. The third-order valence-electron chi connectivity index (χ3n) is 4.59. The molecular formula is C12H10Cl3N. The molecule has 16 heavy (non-hydrogen) atoms. The van der Waals surface area contributed by atoms with Crippen molar-refractivity contribution >= 4 is 34.8 Å². The standard InChI is InChI=1S/C12H10Cl3N/c1-5-2-3-6-7-4-11(14,15)12(7)8(10(12)13)9(6)16-5/h2-3,7-8,10H,4H2,1H3/t7-,8+,10-,12?/m1/s1. The number of aryl methyl sites for hydroxylation is 1. The number of hydrogen-bond acceptors (Lipinski definition) is 1. The van der Waals surface area contributed by atoms with Gasteiger partial charge >= 0.3 is 0 Å². The summed E-state index contributed by atoms with van der Waals surface area (Å²) < 4.78 is -0.649. The van der Waals surface area contributed by atoms with Crippen LogP contribution in [0.5, 0.6) is 0 Å². The molecule has 4 heteroatoms. The van der Waals surface area contributed by atoms with Crippen LogP contribution in [0.4, 0.5) is 0 Å². The van der Waals surface area contributed by atoms with Crippen LogP contribution in [0.2, 0.25) is 0 Å². The van der Waals surface area contributed by atoms with Crippen LogP contribution >= 0.6 is 34.8 Å². The SMILES string of the molecule is Cc1ccc2c(n1)[C@H]1[C@@H](Cl)C13[C@@H]2CC3(Cl)Cl. The molecule has 0 amide bonds. The quantitative estimate of drug-likeness (QED) is 0.657. The largest absolute Gasteiger partial charge is 0.258 e. The van der Waals surface area contributed by atoms with E-state index in [1.165, 1.54) is 5.56 Å². The Bertz CT molecular complexity index is 513. The molecular weight excluding hydrogens is 264 g/mol. The average Bonchev–Trinajstić information content (AvgIpc) is 2.77. The van der Waals surface area contributed by atoms with Gasteiger partial charge in [-0.25, -0.2) is 0 Å². The van der Waals surface area contributed by atoms with E-state index in [4.69, 9.17) is 34.8 Å². The number of alkyl halides is 3.